The molecule has 0 amide bonds. The molecule has 0 N–H and O–H groups in total. The van der Waals surface area contributed by atoms with E-state index in [0.29, 0.717) is 0 Å². The molecule has 0 rings (SSSR count). The van der Waals surface area contributed by atoms with Gasteiger partial charge >= 0.3 is 72.7 Å². The Morgan fingerprint density at radius 3 is 1.33 bits per heavy atom. The molecule has 0 aliphatic heterocycles. The maximum atomic E-state index is 9.81. The van der Waals surface area contributed by atoms with E-state index in [9.17, 15) is 9.59 Å². The van der Waals surface area contributed by atoms with E-state index in [0.717, 1.165) is 0 Å². The number of carbonyl (C=O) groups is 2. The van der Waals surface area contributed by atoms with Gasteiger partial charge in [0.05, 0.1) is 0 Å². The quantitative estimate of drug-likeness (QED) is 0.246. The third-order valence-corrected chi connectivity index (χ3v) is 0.287. The Balaban J connectivity index is -0.000000180. The molecule has 3 nitrogen and oxygen atoms in total. The van der Waals surface area contributed by atoms with Gasteiger partial charge in [-0.05, 0) is 0 Å². The Morgan fingerprint density at radius 1 is 1.11 bits per heavy atom. The number of carbonyl (C=O) groups excluding carboxylic acids is 2. The van der Waals surface area contributed by atoms with Crippen molar-refractivity contribution in [2.24, 2.45) is 0 Å². The molecule has 0 aromatic rings. The van der Waals surface area contributed by atoms with Crippen LogP contribution >= 0.6 is 0 Å². The summed E-state index contributed by atoms with van der Waals surface area (Å²) in [6, 6.07) is 0. The molecule has 0 aliphatic carbocycles. The molecule has 0 atom stereocenters. The van der Waals surface area contributed by atoms with Crippen LogP contribution in [0.1, 0.15) is 13.8 Å². The second kappa shape index (κ2) is 9.17. The normalized spacial score (nSPS) is 6.00. The molecule has 9 heavy (non-hydrogen) atoms. The average molecular weight is 171 g/mol. The van der Waals surface area contributed by atoms with Crippen LogP contribution in [0.2, 0.25) is 0 Å². The second-order valence-electron chi connectivity index (χ2n) is 1.09. The van der Waals surface area contributed by atoms with Crippen molar-refractivity contribution in [3.63, 3.8) is 0 Å². The molecule has 5 heteroatoms. The van der Waals surface area contributed by atoms with Crippen molar-refractivity contribution in [3.05, 3.63) is 0 Å². The Kier molecular flexibility index (Phi) is 16.9. The SMILES string of the molecule is CC(=O)OC(C)=O.[CaH2].[MgH2]. The standard InChI is InChI=1S/C4H6O3.Ca.Mg.4H/c1-3(5)7-4(2)6;;;;;;/h1-2H3;;;;;;. The summed E-state index contributed by atoms with van der Waals surface area (Å²) in [5.74, 6) is -1.12. The van der Waals surface area contributed by atoms with Gasteiger partial charge in [-0.1, -0.05) is 0 Å². The van der Waals surface area contributed by atoms with E-state index in [2.05, 4.69) is 4.74 Å². The predicted molar refractivity (Wildman–Crippen MR) is 39.5 cm³/mol. The van der Waals surface area contributed by atoms with E-state index in [1.807, 2.05) is 0 Å². The van der Waals surface area contributed by atoms with Crippen LogP contribution < -0.4 is 0 Å². The topological polar surface area (TPSA) is 43.4 Å². The number of hydrogen-bond donors (Lipinski definition) is 0. The Morgan fingerprint density at radius 2 is 1.33 bits per heavy atom. The minimum absolute atomic E-state index is 0. The van der Waals surface area contributed by atoms with Crippen LogP contribution in [0.15, 0.2) is 0 Å². The summed E-state index contributed by atoms with van der Waals surface area (Å²) in [7, 11) is 0. The van der Waals surface area contributed by atoms with Gasteiger partial charge in [-0.2, -0.15) is 0 Å². The summed E-state index contributed by atoms with van der Waals surface area (Å²) in [5, 5.41) is 0. The van der Waals surface area contributed by atoms with Gasteiger partial charge in [0, 0.05) is 13.8 Å². The zero-order valence-corrected chi connectivity index (χ0v) is 4.22. The summed E-state index contributed by atoms with van der Waals surface area (Å²) in [4.78, 5) is 19.6. The van der Waals surface area contributed by atoms with Crippen molar-refractivity contribution in [3.8, 4) is 0 Å². The van der Waals surface area contributed by atoms with Crippen molar-refractivity contribution in [2.75, 3.05) is 0 Å². The molecule has 0 saturated heterocycles. The van der Waals surface area contributed by atoms with Gasteiger partial charge in [-0.15, -0.1) is 0 Å². The summed E-state index contributed by atoms with van der Waals surface area (Å²) in [6.07, 6.45) is 0. The Labute approximate surface area is 99.7 Å². The third-order valence-electron chi connectivity index (χ3n) is 0.287. The molecule has 0 bridgehead atoms. The summed E-state index contributed by atoms with van der Waals surface area (Å²) >= 11 is 0. The first kappa shape index (κ1) is 16.6. The monoisotopic (exact) mass is 170 g/mol. The molecule has 0 aromatic heterocycles. The molecule has 0 aromatic carbocycles. The van der Waals surface area contributed by atoms with E-state index >= 15 is 0 Å². The van der Waals surface area contributed by atoms with Crippen molar-refractivity contribution < 1.29 is 14.3 Å². The number of rotatable bonds is 0. The maximum Gasteiger partial charge on any atom is 0.316 e. The van der Waals surface area contributed by atoms with Gasteiger partial charge < -0.3 is 4.74 Å². The van der Waals surface area contributed by atoms with E-state index in [-0.39, 0.29) is 60.8 Å². The van der Waals surface area contributed by atoms with Crippen LogP contribution in [0, 0.1) is 0 Å². The van der Waals surface area contributed by atoms with E-state index < -0.39 is 11.9 Å². The molecule has 0 fully saturated rings. The maximum absolute atomic E-state index is 9.81. The van der Waals surface area contributed by atoms with Gasteiger partial charge in [0.15, 0.2) is 0 Å². The molecule has 0 aliphatic rings. The largest absolute Gasteiger partial charge is 0.316 e. The fourth-order valence-electron chi connectivity index (χ4n) is 0.202. The molecule has 0 heterocycles. The molecular weight excluding hydrogens is 160 g/mol. The summed E-state index contributed by atoms with van der Waals surface area (Å²) in [5.41, 5.74) is 0. The van der Waals surface area contributed by atoms with E-state index in [4.69, 9.17) is 0 Å². The molecular formula is C4H10CaMgO3. The molecule has 48 valence electrons. The fraction of sp³-hybridized carbons (Fsp3) is 0.500. The molecule has 0 radical (unpaired) electrons. The van der Waals surface area contributed by atoms with Crippen LogP contribution in [0.3, 0.4) is 0 Å². The van der Waals surface area contributed by atoms with Crippen molar-refractivity contribution in [1.29, 1.82) is 0 Å². The van der Waals surface area contributed by atoms with E-state index in [1.165, 1.54) is 13.8 Å². The summed E-state index contributed by atoms with van der Waals surface area (Å²) in [6.45, 7) is 2.36. The first-order valence-corrected chi connectivity index (χ1v) is 1.82. The first-order valence-electron chi connectivity index (χ1n) is 1.82. The average Bonchev–Trinajstić information content (AvgIpc) is 1.27. The fourth-order valence-corrected chi connectivity index (χ4v) is 0.202. The predicted octanol–water partition coefficient (Wildman–Crippen LogP) is -1.74. The van der Waals surface area contributed by atoms with Gasteiger partial charge in [0.1, 0.15) is 0 Å². The minimum atomic E-state index is -0.562. The van der Waals surface area contributed by atoms with Crippen LogP contribution in [-0.2, 0) is 14.3 Å². The van der Waals surface area contributed by atoms with Crippen molar-refractivity contribution in [1.82, 2.24) is 0 Å². The minimum Gasteiger partial charge on any atom is 0.316 e. The van der Waals surface area contributed by atoms with Crippen LogP contribution in [0.5, 0.6) is 0 Å². The van der Waals surface area contributed by atoms with Gasteiger partial charge in [0.2, 0.25) is 0 Å². The zero-order valence-electron chi connectivity index (χ0n) is 4.22. The van der Waals surface area contributed by atoms with Crippen LogP contribution in [-0.4, -0.2) is 72.7 Å². The Bertz CT molecular complexity index is 92.0. The van der Waals surface area contributed by atoms with E-state index in [1.54, 1.807) is 0 Å². The smallest absolute Gasteiger partial charge is 0.316 e. The molecule has 0 unspecified atom stereocenters. The third kappa shape index (κ3) is 17.6. The number of hydrogen-bond acceptors (Lipinski definition) is 3. The van der Waals surface area contributed by atoms with Crippen molar-refractivity contribution >= 4 is 72.7 Å². The number of esters is 2. The summed E-state index contributed by atoms with van der Waals surface area (Å²) < 4.78 is 3.97. The first-order chi connectivity index (χ1) is 3.13. The van der Waals surface area contributed by atoms with Crippen LogP contribution in [0.25, 0.3) is 0 Å². The van der Waals surface area contributed by atoms with Crippen LogP contribution in [0.4, 0.5) is 0 Å². The number of ether oxygens (including phenoxy) is 1. The van der Waals surface area contributed by atoms with Gasteiger partial charge in [-0.25, -0.2) is 0 Å². The van der Waals surface area contributed by atoms with Gasteiger partial charge in [-0.3, -0.25) is 9.59 Å². The zero-order chi connectivity index (χ0) is 5.86. The Hall–Kier alpha value is 1.17. The second-order valence-corrected chi connectivity index (χ2v) is 1.09. The van der Waals surface area contributed by atoms with Crippen molar-refractivity contribution in [2.45, 2.75) is 13.8 Å². The molecule has 0 saturated carbocycles. The molecule has 0 spiro atoms. The van der Waals surface area contributed by atoms with Gasteiger partial charge in [0.25, 0.3) is 0 Å².